The van der Waals surface area contributed by atoms with Gasteiger partial charge >= 0.3 is 6.09 Å². The number of nitrogens with zero attached hydrogens (tertiary/aromatic N) is 1. The summed E-state index contributed by atoms with van der Waals surface area (Å²) in [4.78, 5) is 25.5. The van der Waals surface area contributed by atoms with Crippen molar-refractivity contribution in [1.29, 1.82) is 0 Å². The topological polar surface area (TPSA) is 46.6 Å². The van der Waals surface area contributed by atoms with Gasteiger partial charge in [0.2, 0.25) is 0 Å². The summed E-state index contributed by atoms with van der Waals surface area (Å²) in [5, 5.41) is 0. The zero-order chi connectivity index (χ0) is 14.0. The Labute approximate surface area is 109 Å². The van der Waals surface area contributed by atoms with Crippen molar-refractivity contribution in [2.45, 2.75) is 57.6 Å². The summed E-state index contributed by atoms with van der Waals surface area (Å²) in [7, 11) is 1.65. The number of ketones is 1. The number of likely N-dealkylation sites (N-methyl/N-ethyl adjacent to an activating group) is 1. The lowest BCUT2D eigenvalue weighted by Crippen LogP contribution is -2.46. The van der Waals surface area contributed by atoms with Gasteiger partial charge in [0.05, 0.1) is 0 Å². The van der Waals surface area contributed by atoms with Crippen LogP contribution in [0.2, 0.25) is 0 Å². The van der Waals surface area contributed by atoms with E-state index in [1.807, 2.05) is 20.8 Å². The Morgan fingerprint density at radius 3 is 2.33 bits per heavy atom. The highest BCUT2D eigenvalue weighted by molar-refractivity contribution is 5.94. The van der Waals surface area contributed by atoms with Crippen molar-refractivity contribution in [3.8, 4) is 0 Å². The first kappa shape index (κ1) is 14.7. The SMILES string of the molecule is C=CCCC(=O)C1(N(C)C(=O)OC(C)(C)C)CC1. The normalized spacial score (nSPS) is 16.9. The molecule has 0 spiro atoms. The Balaban J connectivity index is 2.65. The highest BCUT2D eigenvalue weighted by Gasteiger charge is 2.54. The van der Waals surface area contributed by atoms with Crippen LogP contribution >= 0.6 is 0 Å². The van der Waals surface area contributed by atoms with Crippen molar-refractivity contribution >= 4 is 11.9 Å². The lowest BCUT2D eigenvalue weighted by atomic mass is 10.0. The molecule has 4 nitrogen and oxygen atoms in total. The van der Waals surface area contributed by atoms with E-state index in [4.69, 9.17) is 4.74 Å². The van der Waals surface area contributed by atoms with Gasteiger partial charge in [0, 0.05) is 13.5 Å². The Morgan fingerprint density at radius 1 is 1.39 bits per heavy atom. The maximum Gasteiger partial charge on any atom is 0.410 e. The molecule has 18 heavy (non-hydrogen) atoms. The molecular weight excluding hydrogens is 230 g/mol. The van der Waals surface area contributed by atoms with Gasteiger partial charge in [-0.2, -0.15) is 0 Å². The van der Waals surface area contributed by atoms with Gasteiger partial charge in [0.1, 0.15) is 11.1 Å². The van der Waals surface area contributed by atoms with E-state index in [1.165, 1.54) is 4.90 Å². The molecule has 0 aromatic heterocycles. The molecule has 0 radical (unpaired) electrons. The highest BCUT2D eigenvalue weighted by atomic mass is 16.6. The van der Waals surface area contributed by atoms with Crippen LogP contribution in [0.25, 0.3) is 0 Å². The lowest BCUT2D eigenvalue weighted by Gasteiger charge is -2.30. The average Bonchev–Trinajstić information content (AvgIpc) is 3.03. The molecule has 1 amide bonds. The van der Waals surface area contributed by atoms with Gasteiger partial charge in [0.15, 0.2) is 5.78 Å². The summed E-state index contributed by atoms with van der Waals surface area (Å²) in [6, 6.07) is 0. The monoisotopic (exact) mass is 253 g/mol. The molecule has 0 atom stereocenters. The number of carbonyl (C=O) groups is 2. The molecule has 0 aliphatic heterocycles. The van der Waals surface area contributed by atoms with Crippen LogP contribution in [0.4, 0.5) is 4.79 Å². The van der Waals surface area contributed by atoms with E-state index in [0.29, 0.717) is 12.8 Å². The molecule has 0 N–H and O–H groups in total. The summed E-state index contributed by atoms with van der Waals surface area (Å²) in [6.45, 7) is 9.06. The minimum Gasteiger partial charge on any atom is -0.444 e. The summed E-state index contributed by atoms with van der Waals surface area (Å²) >= 11 is 0. The third-order valence-electron chi connectivity index (χ3n) is 3.13. The first-order chi connectivity index (χ1) is 8.23. The number of hydrogen-bond donors (Lipinski definition) is 0. The van der Waals surface area contributed by atoms with E-state index in [0.717, 1.165) is 12.8 Å². The van der Waals surface area contributed by atoms with Gasteiger partial charge in [-0.25, -0.2) is 4.79 Å². The minimum atomic E-state index is -0.620. The molecule has 1 rings (SSSR count). The van der Waals surface area contributed by atoms with Crippen molar-refractivity contribution < 1.29 is 14.3 Å². The second-order valence-electron chi connectivity index (χ2n) is 5.82. The minimum absolute atomic E-state index is 0.107. The van der Waals surface area contributed by atoms with E-state index >= 15 is 0 Å². The van der Waals surface area contributed by atoms with Gasteiger partial charge in [-0.3, -0.25) is 9.69 Å². The Kier molecular flexibility index (Phi) is 4.20. The second-order valence-corrected chi connectivity index (χ2v) is 5.82. The Morgan fingerprint density at radius 2 is 1.94 bits per heavy atom. The number of Topliss-reactive ketones (excluding diaryl/α,β-unsaturated/α-hetero) is 1. The standard InChI is InChI=1S/C14H23NO3/c1-6-7-8-11(16)14(9-10-14)15(5)12(17)18-13(2,3)4/h6H,1,7-10H2,2-5H3. The van der Waals surface area contributed by atoms with Crippen LogP contribution in [0.1, 0.15) is 46.5 Å². The first-order valence-electron chi connectivity index (χ1n) is 6.34. The molecule has 0 heterocycles. The Hall–Kier alpha value is -1.32. The van der Waals surface area contributed by atoms with Crippen LogP contribution in [0.5, 0.6) is 0 Å². The van der Waals surface area contributed by atoms with Crippen molar-refractivity contribution in [1.82, 2.24) is 4.90 Å². The molecule has 4 heteroatoms. The van der Waals surface area contributed by atoms with E-state index < -0.39 is 17.2 Å². The zero-order valence-corrected chi connectivity index (χ0v) is 11.8. The van der Waals surface area contributed by atoms with Gasteiger partial charge in [0.25, 0.3) is 0 Å². The fourth-order valence-corrected chi connectivity index (χ4v) is 1.89. The van der Waals surface area contributed by atoms with Crippen LogP contribution in [0, 0.1) is 0 Å². The van der Waals surface area contributed by atoms with Crippen molar-refractivity contribution in [2.75, 3.05) is 7.05 Å². The van der Waals surface area contributed by atoms with Gasteiger partial charge in [-0.05, 0) is 40.0 Å². The quantitative estimate of drug-likeness (QED) is 0.708. The van der Waals surface area contributed by atoms with Crippen LogP contribution in [0.15, 0.2) is 12.7 Å². The van der Waals surface area contributed by atoms with Crippen molar-refractivity contribution in [3.05, 3.63) is 12.7 Å². The number of ether oxygens (including phenoxy) is 1. The molecule has 1 aliphatic rings. The van der Waals surface area contributed by atoms with Crippen LogP contribution in [-0.2, 0) is 9.53 Å². The first-order valence-corrected chi connectivity index (χ1v) is 6.34. The number of allylic oxidation sites excluding steroid dienone is 1. The van der Waals surface area contributed by atoms with E-state index in [2.05, 4.69) is 6.58 Å². The van der Waals surface area contributed by atoms with Gasteiger partial charge in [-0.15, -0.1) is 6.58 Å². The molecule has 0 bridgehead atoms. The predicted molar refractivity (Wildman–Crippen MR) is 70.4 cm³/mol. The van der Waals surface area contributed by atoms with Crippen LogP contribution < -0.4 is 0 Å². The predicted octanol–water partition coefficient (Wildman–Crippen LogP) is 2.92. The zero-order valence-electron chi connectivity index (χ0n) is 11.8. The molecule has 0 saturated heterocycles. The van der Waals surface area contributed by atoms with Crippen LogP contribution in [0.3, 0.4) is 0 Å². The van der Waals surface area contributed by atoms with E-state index in [1.54, 1.807) is 13.1 Å². The molecule has 102 valence electrons. The Bertz CT molecular complexity index is 351. The summed E-state index contributed by atoms with van der Waals surface area (Å²) in [5.41, 5.74) is -1.16. The van der Waals surface area contributed by atoms with Gasteiger partial charge < -0.3 is 4.74 Å². The van der Waals surface area contributed by atoms with E-state index in [9.17, 15) is 9.59 Å². The number of hydrogen-bond acceptors (Lipinski definition) is 3. The van der Waals surface area contributed by atoms with Gasteiger partial charge in [-0.1, -0.05) is 6.08 Å². The third-order valence-corrected chi connectivity index (χ3v) is 3.13. The molecular formula is C14H23NO3. The summed E-state index contributed by atoms with van der Waals surface area (Å²) in [6.07, 6.45) is 3.87. The molecule has 1 fully saturated rings. The maximum absolute atomic E-state index is 12.1. The highest BCUT2D eigenvalue weighted by Crippen LogP contribution is 2.43. The molecule has 0 aromatic rings. The summed E-state index contributed by atoms with van der Waals surface area (Å²) in [5.74, 6) is 0.107. The number of amides is 1. The molecule has 0 aromatic carbocycles. The smallest absolute Gasteiger partial charge is 0.410 e. The molecule has 1 saturated carbocycles. The number of rotatable bonds is 5. The average molecular weight is 253 g/mol. The summed E-state index contributed by atoms with van der Waals surface area (Å²) < 4.78 is 5.30. The largest absolute Gasteiger partial charge is 0.444 e. The third kappa shape index (κ3) is 3.34. The second kappa shape index (κ2) is 5.12. The fraction of sp³-hybridized carbons (Fsp3) is 0.714. The number of carbonyl (C=O) groups excluding carboxylic acids is 2. The fourth-order valence-electron chi connectivity index (χ4n) is 1.89. The lowest BCUT2D eigenvalue weighted by molar-refractivity contribution is -0.125. The maximum atomic E-state index is 12.1. The van der Waals surface area contributed by atoms with E-state index in [-0.39, 0.29) is 5.78 Å². The van der Waals surface area contributed by atoms with Crippen molar-refractivity contribution in [3.63, 3.8) is 0 Å². The van der Waals surface area contributed by atoms with Crippen molar-refractivity contribution in [2.24, 2.45) is 0 Å². The molecule has 0 unspecified atom stereocenters. The molecule has 1 aliphatic carbocycles. The van der Waals surface area contributed by atoms with Crippen LogP contribution in [-0.4, -0.2) is 35.0 Å².